The third-order valence-corrected chi connectivity index (χ3v) is 3.48. The lowest BCUT2D eigenvalue weighted by atomic mass is 10.1. The fraction of sp³-hybridized carbons (Fsp3) is 0.667. The highest BCUT2D eigenvalue weighted by Gasteiger charge is 2.28. The smallest absolute Gasteiger partial charge is 0.326 e. The Balaban J connectivity index is 2.50. The molecule has 1 rings (SSSR count). The van der Waals surface area contributed by atoms with E-state index in [1.54, 1.807) is 11.8 Å². The molecule has 1 fully saturated rings. The highest BCUT2D eigenvalue weighted by atomic mass is 32.2. The minimum absolute atomic E-state index is 0.153. The number of hydrogen-bond donors (Lipinski definition) is 3. The molecule has 4 N–H and O–H groups in total. The van der Waals surface area contributed by atoms with Crippen LogP contribution in [0.1, 0.15) is 12.8 Å². The minimum atomic E-state index is -1.24. The van der Waals surface area contributed by atoms with E-state index >= 15 is 0 Å². The van der Waals surface area contributed by atoms with E-state index in [0.29, 0.717) is 5.75 Å². The summed E-state index contributed by atoms with van der Waals surface area (Å²) >= 11 is 1.66. The number of aliphatic carboxylic acids is 1. The maximum absolute atomic E-state index is 11.6. The standard InChI is InChI=1S/C9H14N2O4S/c10-7(12)3-6(9(14)15)11-8(13)5-1-2-16-4-5/h5-6H,1-4H2,(H2,10,12)(H,11,13)(H,14,15)/t5?,6-/m1/s1. The summed E-state index contributed by atoms with van der Waals surface area (Å²) in [5.74, 6) is -0.829. The molecule has 1 unspecified atom stereocenters. The van der Waals surface area contributed by atoms with E-state index in [1.165, 1.54) is 0 Å². The van der Waals surface area contributed by atoms with Crippen molar-refractivity contribution in [3.8, 4) is 0 Å². The summed E-state index contributed by atoms with van der Waals surface area (Å²) in [5.41, 5.74) is 4.90. The first-order chi connectivity index (χ1) is 7.50. The molecule has 2 atom stereocenters. The molecule has 0 bridgehead atoms. The van der Waals surface area contributed by atoms with E-state index in [2.05, 4.69) is 5.32 Å². The van der Waals surface area contributed by atoms with Crippen LogP contribution < -0.4 is 11.1 Å². The molecule has 90 valence electrons. The molecule has 0 radical (unpaired) electrons. The van der Waals surface area contributed by atoms with Crippen LogP contribution >= 0.6 is 11.8 Å². The van der Waals surface area contributed by atoms with Crippen molar-refractivity contribution in [3.05, 3.63) is 0 Å². The average Bonchev–Trinajstić information content (AvgIpc) is 2.68. The van der Waals surface area contributed by atoms with Crippen LogP contribution in [-0.4, -0.2) is 40.4 Å². The Hall–Kier alpha value is -1.24. The monoisotopic (exact) mass is 246 g/mol. The van der Waals surface area contributed by atoms with Gasteiger partial charge in [-0.1, -0.05) is 0 Å². The summed E-state index contributed by atoms with van der Waals surface area (Å²) in [4.78, 5) is 33.0. The van der Waals surface area contributed by atoms with Crippen molar-refractivity contribution in [2.24, 2.45) is 11.7 Å². The molecular formula is C9H14N2O4S. The first kappa shape index (κ1) is 12.8. The topological polar surface area (TPSA) is 109 Å². The van der Waals surface area contributed by atoms with Gasteiger partial charge in [0.1, 0.15) is 6.04 Å². The Labute approximate surface area is 96.9 Å². The molecule has 0 aromatic carbocycles. The molecule has 2 amide bonds. The van der Waals surface area contributed by atoms with Crippen molar-refractivity contribution in [1.82, 2.24) is 5.32 Å². The molecule has 1 aliphatic rings. The van der Waals surface area contributed by atoms with Crippen molar-refractivity contribution in [2.75, 3.05) is 11.5 Å². The maximum atomic E-state index is 11.6. The number of thioether (sulfide) groups is 1. The predicted octanol–water partition coefficient (Wildman–Crippen LogP) is -0.816. The maximum Gasteiger partial charge on any atom is 0.326 e. The van der Waals surface area contributed by atoms with Gasteiger partial charge in [0.2, 0.25) is 11.8 Å². The number of primary amides is 1. The Morgan fingerprint density at radius 1 is 1.50 bits per heavy atom. The number of rotatable bonds is 5. The second-order valence-corrected chi connectivity index (χ2v) is 4.78. The molecule has 0 aliphatic carbocycles. The van der Waals surface area contributed by atoms with Gasteiger partial charge in [0, 0.05) is 11.7 Å². The first-order valence-electron chi connectivity index (χ1n) is 4.90. The molecule has 16 heavy (non-hydrogen) atoms. The van der Waals surface area contributed by atoms with Crippen molar-refractivity contribution in [3.63, 3.8) is 0 Å². The van der Waals surface area contributed by atoms with Gasteiger partial charge in [0.15, 0.2) is 0 Å². The summed E-state index contributed by atoms with van der Waals surface area (Å²) in [7, 11) is 0. The number of carboxylic acids is 1. The number of carbonyl (C=O) groups excluding carboxylic acids is 2. The molecule has 1 saturated heterocycles. The summed E-state index contributed by atoms with van der Waals surface area (Å²) in [6.07, 6.45) is 0.375. The van der Waals surface area contributed by atoms with Gasteiger partial charge in [-0.05, 0) is 12.2 Å². The van der Waals surface area contributed by atoms with Crippen LogP contribution in [0.3, 0.4) is 0 Å². The second kappa shape index (κ2) is 5.74. The number of nitrogens with one attached hydrogen (secondary N) is 1. The summed E-state index contributed by atoms with van der Waals surface area (Å²) in [5, 5.41) is 11.1. The van der Waals surface area contributed by atoms with E-state index < -0.39 is 17.9 Å². The van der Waals surface area contributed by atoms with Gasteiger partial charge in [0.25, 0.3) is 0 Å². The fourth-order valence-corrected chi connectivity index (χ4v) is 2.65. The molecule has 1 heterocycles. The van der Waals surface area contributed by atoms with Crippen LogP contribution in [0.5, 0.6) is 0 Å². The number of carboxylic acid groups (broad SMARTS) is 1. The van der Waals surface area contributed by atoms with Crippen molar-refractivity contribution >= 4 is 29.5 Å². The number of hydrogen-bond acceptors (Lipinski definition) is 4. The van der Waals surface area contributed by atoms with Gasteiger partial charge in [0.05, 0.1) is 6.42 Å². The van der Waals surface area contributed by atoms with Crippen LogP contribution in [0.25, 0.3) is 0 Å². The van der Waals surface area contributed by atoms with Gasteiger partial charge in [-0.2, -0.15) is 11.8 Å². The van der Waals surface area contributed by atoms with Gasteiger partial charge < -0.3 is 16.2 Å². The Morgan fingerprint density at radius 2 is 2.19 bits per heavy atom. The number of carbonyl (C=O) groups is 3. The van der Waals surface area contributed by atoms with Crippen LogP contribution in [0, 0.1) is 5.92 Å². The Kier molecular flexibility index (Phi) is 4.60. The van der Waals surface area contributed by atoms with Crippen molar-refractivity contribution < 1.29 is 19.5 Å². The highest BCUT2D eigenvalue weighted by Crippen LogP contribution is 2.23. The van der Waals surface area contributed by atoms with Crippen molar-refractivity contribution in [1.29, 1.82) is 0 Å². The third-order valence-electron chi connectivity index (χ3n) is 2.32. The summed E-state index contributed by atoms with van der Waals surface area (Å²) < 4.78 is 0. The van der Waals surface area contributed by atoms with Crippen LogP contribution in [0.4, 0.5) is 0 Å². The van der Waals surface area contributed by atoms with Crippen LogP contribution in [0.2, 0.25) is 0 Å². The summed E-state index contributed by atoms with van der Waals surface area (Å²) in [6.45, 7) is 0. The van der Waals surface area contributed by atoms with E-state index in [9.17, 15) is 14.4 Å². The highest BCUT2D eigenvalue weighted by molar-refractivity contribution is 7.99. The zero-order valence-electron chi connectivity index (χ0n) is 8.64. The molecule has 0 aromatic heterocycles. The predicted molar refractivity (Wildman–Crippen MR) is 58.8 cm³/mol. The van der Waals surface area contributed by atoms with Crippen LogP contribution in [-0.2, 0) is 14.4 Å². The Morgan fingerprint density at radius 3 is 2.62 bits per heavy atom. The SMILES string of the molecule is NC(=O)C[C@@H](NC(=O)C1CCSC1)C(=O)O. The number of nitrogens with two attached hydrogens (primary N) is 1. The molecule has 6 nitrogen and oxygen atoms in total. The zero-order valence-corrected chi connectivity index (χ0v) is 9.46. The average molecular weight is 246 g/mol. The molecule has 0 saturated carbocycles. The van der Waals surface area contributed by atoms with Crippen LogP contribution in [0.15, 0.2) is 0 Å². The largest absolute Gasteiger partial charge is 0.480 e. The second-order valence-electron chi connectivity index (χ2n) is 3.63. The van der Waals surface area contributed by atoms with E-state index in [-0.39, 0.29) is 18.2 Å². The summed E-state index contributed by atoms with van der Waals surface area (Å²) in [6, 6.07) is -1.21. The van der Waals surface area contributed by atoms with E-state index in [1.807, 2.05) is 0 Å². The zero-order chi connectivity index (χ0) is 12.1. The first-order valence-corrected chi connectivity index (χ1v) is 6.05. The number of amides is 2. The Bertz CT molecular complexity index is 302. The molecule has 7 heteroatoms. The lowest BCUT2D eigenvalue weighted by Gasteiger charge is -2.15. The van der Waals surface area contributed by atoms with Gasteiger partial charge in [-0.3, -0.25) is 9.59 Å². The normalized spacial score (nSPS) is 21.4. The van der Waals surface area contributed by atoms with Gasteiger partial charge in [-0.25, -0.2) is 4.79 Å². The molecule has 0 aromatic rings. The molecule has 0 spiro atoms. The fourth-order valence-electron chi connectivity index (χ4n) is 1.43. The quantitative estimate of drug-likeness (QED) is 0.587. The lowest BCUT2D eigenvalue weighted by Crippen LogP contribution is -2.45. The molecule has 1 aliphatic heterocycles. The van der Waals surface area contributed by atoms with Crippen molar-refractivity contribution in [2.45, 2.75) is 18.9 Å². The third kappa shape index (κ3) is 3.73. The van der Waals surface area contributed by atoms with Gasteiger partial charge in [-0.15, -0.1) is 0 Å². The lowest BCUT2D eigenvalue weighted by molar-refractivity contribution is -0.143. The van der Waals surface area contributed by atoms with Gasteiger partial charge >= 0.3 is 5.97 Å². The van der Waals surface area contributed by atoms with E-state index in [4.69, 9.17) is 10.8 Å². The van der Waals surface area contributed by atoms with E-state index in [0.717, 1.165) is 12.2 Å². The minimum Gasteiger partial charge on any atom is -0.480 e. The molecular weight excluding hydrogens is 232 g/mol.